The van der Waals surface area contributed by atoms with Crippen molar-refractivity contribution in [1.29, 1.82) is 5.26 Å². The van der Waals surface area contributed by atoms with Crippen LogP contribution in [0.15, 0.2) is 0 Å². The van der Waals surface area contributed by atoms with Crippen LogP contribution in [0.3, 0.4) is 0 Å². The maximum Gasteiger partial charge on any atom is 0.235 e. The third-order valence-corrected chi connectivity index (χ3v) is 2.38. The van der Waals surface area contributed by atoms with Gasteiger partial charge in [0.25, 0.3) is 0 Å². The van der Waals surface area contributed by atoms with Gasteiger partial charge >= 0.3 is 0 Å². The van der Waals surface area contributed by atoms with Gasteiger partial charge in [0.15, 0.2) is 0 Å². The molecule has 0 bridgehead atoms. The van der Waals surface area contributed by atoms with Gasteiger partial charge in [0, 0.05) is 13.1 Å². The van der Waals surface area contributed by atoms with Crippen LogP contribution in [0, 0.1) is 17.2 Å². The molecule has 1 saturated heterocycles. The third kappa shape index (κ3) is 2.98. The van der Waals surface area contributed by atoms with Gasteiger partial charge < -0.3 is 10.4 Å². The largest absolute Gasteiger partial charge is 0.391 e. The van der Waals surface area contributed by atoms with Crippen LogP contribution >= 0.6 is 0 Å². The normalized spacial score (nSPS) is 27.2. The number of hydrogen-bond donors (Lipinski definition) is 2. The Bertz CT molecular complexity index is 239. The second kappa shape index (κ2) is 4.94. The molecular weight excluding hydrogens is 182 g/mol. The Kier molecular flexibility index (Phi) is 3.86. The van der Waals surface area contributed by atoms with Crippen LogP contribution in [0.2, 0.25) is 0 Å². The summed E-state index contributed by atoms with van der Waals surface area (Å²) in [4.78, 5) is 13.1. The van der Waals surface area contributed by atoms with Crippen LogP contribution in [-0.4, -0.2) is 48.2 Å². The predicted molar refractivity (Wildman–Crippen MR) is 50.2 cm³/mol. The summed E-state index contributed by atoms with van der Waals surface area (Å²) < 4.78 is 0. The number of carbonyl (C=O) groups excluding carboxylic acids is 1. The molecule has 5 nitrogen and oxygen atoms in total. The second-order valence-corrected chi connectivity index (χ2v) is 3.67. The average molecular weight is 197 g/mol. The molecule has 2 unspecified atom stereocenters. The summed E-state index contributed by atoms with van der Waals surface area (Å²) in [5.74, 6) is 0.0617. The molecule has 0 saturated carbocycles. The summed E-state index contributed by atoms with van der Waals surface area (Å²) >= 11 is 0. The van der Waals surface area contributed by atoms with Crippen LogP contribution in [0.4, 0.5) is 0 Å². The molecule has 0 aromatic carbocycles. The minimum atomic E-state index is -0.334. The first-order valence-corrected chi connectivity index (χ1v) is 4.67. The molecule has 0 aromatic heterocycles. The molecule has 0 radical (unpaired) electrons. The Morgan fingerprint density at radius 2 is 2.43 bits per heavy atom. The summed E-state index contributed by atoms with van der Waals surface area (Å²) in [5.41, 5.74) is 0. The summed E-state index contributed by atoms with van der Waals surface area (Å²) in [6, 6.07) is 1.84. The number of nitriles is 1. The number of nitrogens with zero attached hydrogens (tertiary/aromatic N) is 2. The van der Waals surface area contributed by atoms with Crippen LogP contribution in [0.1, 0.15) is 6.92 Å². The number of likely N-dealkylation sites (tertiary alicyclic amines) is 1. The van der Waals surface area contributed by atoms with Crippen LogP contribution in [-0.2, 0) is 4.79 Å². The monoisotopic (exact) mass is 197 g/mol. The summed E-state index contributed by atoms with van der Waals surface area (Å²) in [7, 11) is 0. The number of β-amino-alcohol motifs (C(OH)–C–C–N with tert-alkyl or cyclic N) is 1. The molecule has 2 atom stereocenters. The Morgan fingerprint density at radius 3 is 2.93 bits per heavy atom. The topological polar surface area (TPSA) is 76.4 Å². The fraction of sp³-hybridized carbons (Fsp3) is 0.778. The van der Waals surface area contributed by atoms with Crippen LogP contribution < -0.4 is 5.32 Å². The lowest BCUT2D eigenvalue weighted by Gasteiger charge is -2.13. The van der Waals surface area contributed by atoms with Crippen molar-refractivity contribution in [2.45, 2.75) is 13.0 Å². The van der Waals surface area contributed by atoms with E-state index in [1.807, 2.05) is 17.9 Å². The standard InChI is InChI=1S/C9H15N3O2/c1-7-4-12(5-8(7)13)6-9(14)11-3-2-10/h7-8,13H,3-6H2,1H3,(H,11,14). The van der Waals surface area contributed by atoms with Gasteiger partial charge in [0.1, 0.15) is 6.54 Å². The minimum absolute atomic E-state index is 0.0464. The highest BCUT2D eigenvalue weighted by Gasteiger charge is 2.28. The van der Waals surface area contributed by atoms with Crippen molar-refractivity contribution >= 4 is 5.91 Å². The molecule has 1 heterocycles. The summed E-state index contributed by atoms with van der Waals surface area (Å²) in [6.45, 7) is 3.55. The summed E-state index contributed by atoms with van der Waals surface area (Å²) in [6.07, 6.45) is -0.334. The zero-order chi connectivity index (χ0) is 10.6. The minimum Gasteiger partial charge on any atom is -0.391 e. The van der Waals surface area contributed by atoms with Gasteiger partial charge in [-0.25, -0.2) is 0 Å². The maximum atomic E-state index is 11.2. The molecule has 2 N–H and O–H groups in total. The highest BCUT2D eigenvalue weighted by atomic mass is 16.3. The number of hydrogen-bond acceptors (Lipinski definition) is 4. The van der Waals surface area contributed by atoms with E-state index in [4.69, 9.17) is 5.26 Å². The maximum absolute atomic E-state index is 11.2. The predicted octanol–water partition coefficient (Wildman–Crippen LogP) is -1.06. The van der Waals surface area contributed by atoms with Gasteiger partial charge in [-0.1, -0.05) is 6.92 Å². The van der Waals surface area contributed by atoms with E-state index in [0.29, 0.717) is 6.54 Å². The second-order valence-electron chi connectivity index (χ2n) is 3.67. The zero-order valence-electron chi connectivity index (χ0n) is 8.23. The lowest BCUT2D eigenvalue weighted by molar-refractivity contribution is -0.121. The van der Waals surface area contributed by atoms with Gasteiger partial charge in [-0.2, -0.15) is 5.26 Å². The lowest BCUT2D eigenvalue weighted by Crippen LogP contribution is -2.36. The van der Waals surface area contributed by atoms with Crippen LogP contribution in [0.5, 0.6) is 0 Å². The molecule has 0 aromatic rings. The van der Waals surface area contributed by atoms with Crippen molar-refractivity contribution in [2.75, 3.05) is 26.2 Å². The van der Waals surface area contributed by atoms with Crippen molar-refractivity contribution in [3.05, 3.63) is 0 Å². The van der Waals surface area contributed by atoms with Gasteiger partial charge in [-0.05, 0) is 5.92 Å². The zero-order valence-corrected chi connectivity index (χ0v) is 8.23. The molecule has 1 aliphatic rings. The van der Waals surface area contributed by atoms with E-state index in [-0.39, 0.29) is 31.0 Å². The first-order chi connectivity index (χ1) is 6.63. The summed E-state index contributed by atoms with van der Waals surface area (Å²) in [5, 5.41) is 20.1. The molecule has 1 aliphatic heterocycles. The van der Waals surface area contributed by atoms with E-state index in [1.54, 1.807) is 0 Å². The van der Waals surface area contributed by atoms with Crippen molar-refractivity contribution in [3.8, 4) is 6.07 Å². The number of aliphatic hydroxyl groups is 1. The average Bonchev–Trinajstić information content (AvgIpc) is 2.42. The van der Waals surface area contributed by atoms with Crippen molar-refractivity contribution in [3.63, 3.8) is 0 Å². The highest BCUT2D eigenvalue weighted by molar-refractivity contribution is 5.78. The lowest BCUT2D eigenvalue weighted by atomic mass is 10.1. The van der Waals surface area contributed by atoms with Gasteiger partial charge in [-0.15, -0.1) is 0 Å². The van der Waals surface area contributed by atoms with E-state index in [0.717, 1.165) is 6.54 Å². The molecule has 5 heteroatoms. The van der Waals surface area contributed by atoms with Gasteiger partial charge in [0.2, 0.25) is 5.91 Å². The third-order valence-electron chi connectivity index (χ3n) is 2.38. The molecule has 1 amide bonds. The Labute approximate surface area is 83.3 Å². The van der Waals surface area contributed by atoms with E-state index in [9.17, 15) is 9.90 Å². The SMILES string of the molecule is CC1CN(CC(=O)NCC#N)CC1O. The first kappa shape index (κ1) is 11.0. The number of amides is 1. The number of rotatable bonds is 3. The highest BCUT2D eigenvalue weighted by Crippen LogP contribution is 2.14. The van der Waals surface area contributed by atoms with E-state index >= 15 is 0 Å². The van der Waals surface area contributed by atoms with E-state index in [1.165, 1.54) is 0 Å². The van der Waals surface area contributed by atoms with Crippen molar-refractivity contribution < 1.29 is 9.90 Å². The fourth-order valence-electron chi connectivity index (χ4n) is 1.57. The Balaban J connectivity index is 2.26. The molecule has 14 heavy (non-hydrogen) atoms. The Hall–Kier alpha value is -1.12. The molecule has 78 valence electrons. The molecular formula is C9H15N3O2. The van der Waals surface area contributed by atoms with Gasteiger partial charge in [-0.3, -0.25) is 9.69 Å². The number of nitrogens with one attached hydrogen (secondary N) is 1. The van der Waals surface area contributed by atoms with Crippen molar-refractivity contribution in [2.24, 2.45) is 5.92 Å². The molecule has 1 rings (SSSR count). The number of carbonyl (C=O) groups is 1. The van der Waals surface area contributed by atoms with Gasteiger partial charge in [0.05, 0.1) is 18.7 Å². The Morgan fingerprint density at radius 1 is 1.71 bits per heavy atom. The first-order valence-electron chi connectivity index (χ1n) is 4.67. The fourth-order valence-corrected chi connectivity index (χ4v) is 1.57. The molecule has 1 fully saturated rings. The van der Waals surface area contributed by atoms with E-state index < -0.39 is 0 Å². The van der Waals surface area contributed by atoms with E-state index in [2.05, 4.69) is 5.32 Å². The molecule has 0 aliphatic carbocycles. The number of aliphatic hydroxyl groups excluding tert-OH is 1. The van der Waals surface area contributed by atoms with Crippen LogP contribution in [0.25, 0.3) is 0 Å². The smallest absolute Gasteiger partial charge is 0.235 e. The van der Waals surface area contributed by atoms with Crippen molar-refractivity contribution in [1.82, 2.24) is 10.2 Å². The quantitative estimate of drug-likeness (QED) is 0.565. The molecule has 0 spiro atoms.